The number of aryl methyl sites for hydroxylation is 2. The first kappa shape index (κ1) is 12.0. The highest BCUT2D eigenvalue weighted by atomic mass is 16.3. The summed E-state index contributed by atoms with van der Waals surface area (Å²) in [7, 11) is 1.98. The molecule has 1 aliphatic heterocycles. The topological polar surface area (TPSA) is 66.2 Å². The lowest BCUT2D eigenvalue weighted by atomic mass is 10.3. The number of fused-ring (bicyclic) bond motifs is 1. The van der Waals surface area contributed by atoms with Crippen molar-refractivity contribution in [3.05, 3.63) is 35.0 Å². The monoisotopic (exact) mass is 259 g/mol. The van der Waals surface area contributed by atoms with Crippen molar-refractivity contribution in [2.75, 3.05) is 17.8 Å². The molecule has 0 aromatic carbocycles. The zero-order valence-electron chi connectivity index (χ0n) is 11.3. The van der Waals surface area contributed by atoms with Gasteiger partial charge in [0, 0.05) is 7.05 Å². The van der Waals surface area contributed by atoms with Gasteiger partial charge in [0.2, 0.25) is 0 Å². The van der Waals surface area contributed by atoms with Crippen LogP contribution >= 0.6 is 0 Å². The number of nitrogens with zero attached hydrogens (tertiary/aromatic N) is 3. The minimum absolute atomic E-state index is 0.625. The predicted molar refractivity (Wildman–Crippen MR) is 72.6 cm³/mol. The largest absolute Gasteiger partial charge is 0.465 e. The van der Waals surface area contributed by atoms with E-state index in [1.807, 2.05) is 38.0 Å². The first-order chi connectivity index (χ1) is 9.11. The van der Waals surface area contributed by atoms with Crippen molar-refractivity contribution in [1.29, 1.82) is 0 Å². The number of rotatable bonds is 3. The maximum atomic E-state index is 5.54. The Labute approximate surface area is 111 Å². The van der Waals surface area contributed by atoms with Crippen LogP contribution in [0.3, 0.4) is 0 Å². The van der Waals surface area contributed by atoms with Crippen LogP contribution in [-0.4, -0.2) is 22.0 Å². The molecule has 0 atom stereocenters. The highest BCUT2D eigenvalue weighted by molar-refractivity contribution is 5.60. The summed E-state index contributed by atoms with van der Waals surface area (Å²) < 4.78 is 5.54. The van der Waals surface area contributed by atoms with E-state index in [4.69, 9.17) is 4.42 Å². The highest BCUT2D eigenvalue weighted by Gasteiger charge is 2.21. The molecule has 0 bridgehead atoms. The van der Waals surface area contributed by atoms with Gasteiger partial charge in [0.15, 0.2) is 5.82 Å². The van der Waals surface area contributed by atoms with E-state index in [-0.39, 0.29) is 0 Å². The van der Waals surface area contributed by atoms with Gasteiger partial charge in [0.1, 0.15) is 23.2 Å². The summed E-state index contributed by atoms with van der Waals surface area (Å²) in [6, 6.07) is 3.93. The Morgan fingerprint density at radius 2 is 2.21 bits per heavy atom. The third-order valence-corrected chi connectivity index (χ3v) is 3.04. The smallest absolute Gasteiger partial charge is 0.150 e. The van der Waals surface area contributed by atoms with E-state index in [0.29, 0.717) is 6.54 Å². The maximum Gasteiger partial charge on any atom is 0.150 e. The first-order valence-electron chi connectivity index (χ1n) is 6.26. The fraction of sp³-hybridized carbons (Fsp3) is 0.385. The van der Waals surface area contributed by atoms with Gasteiger partial charge >= 0.3 is 0 Å². The Bertz CT molecular complexity index is 607. The third-order valence-electron chi connectivity index (χ3n) is 3.04. The SMILES string of the molecule is Cc1nc(NCc2ccc(C)o2)c2c(n1)NN(C)C2. The number of hydrogen-bond acceptors (Lipinski definition) is 6. The summed E-state index contributed by atoms with van der Waals surface area (Å²) in [5, 5.41) is 5.31. The molecular formula is C13H17N5O. The van der Waals surface area contributed by atoms with Crippen LogP contribution in [0.5, 0.6) is 0 Å². The van der Waals surface area contributed by atoms with Gasteiger partial charge in [-0.15, -0.1) is 0 Å². The Hall–Kier alpha value is -2.08. The summed E-state index contributed by atoms with van der Waals surface area (Å²) in [5.41, 5.74) is 4.29. The normalized spacial score (nSPS) is 14.3. The van der Waals surface area contributed by atoms with Gasteiger partial charge in [0.05, 0.1) is 18.7 Å². The van der Waals surface area contributed by atoms with Crippen molar-refractivity contribution >= 4 is 11.6 Å². The lowest BCUT2D eigenvalue weighted by molar-refractivity contribution is 0.422. The quantitative estimate of drug-likeness (QED) is 0.879. The fourth-order valence-corrected chi connectivity index (χ4v) is 2.19. The molecule has 0 unspecified atom stereocenters. The summed E-state index contributed by atoms with van der Waals surface area (Å²) in [4.78, 5) is 8.87. The molecule has 0 fully saturated rings. The zero-order valence-corrected chi connectivity index (χ0v) is 11.3. The van der Waals surface area contributed by atoms with Gasteiger partial charge in [-0.2, -0.15) is 0 Å². The van der Waals surface area contributed by atoms with Crippen LogP contribution in [0, 0.1) is 13.8 Å². The van der Waals surface area contributed by atoms with E-state index >= 15 is 0 Å². The van der Waals surface area contributed by atoms with Gasteiger partial charge in [-0.25, -0.2) is 15.0 Å². The number of anilines is 2. The van der Waals surface area contributed by atoms with E-state index in [1.54, 1.807) is 0 Å². The average Bonchev–Trinajstić information content (AvgIpc) is 2.91. The van der Waals surface area contributed by atoms with Crippen molar-refractivity contribution in [2.24, 2.45) is 0 Å². The van der Waals surface area contributed by atoms with Crippen LogP contribution in [0.1, 0.15) is 22.9 Å². The first-order valence-corrected chi connectivity index (χ1v) is 6.26. The number of hydrogen-bond donors (Lipinski definition) is 2. The summed E-state index contributed by atoms with van der Waals surface area (Å²) in [5.74, 6) is 4.32. The van der Waals surface area contributed by atoms with Crippen LogP contribution in [0.4, 0.5) is 11.6 Å². The number of hydrazine groups is 1. The Morgan fingerprint density at radius 1 is 1.37 bits per heavy atom. The average molecular weight is 259 g/mol. The van der Waals surface area contributed by atoms with Crippen molar-refractivity contribution < 1.29 is 4.42 Å². The predicted octanol–water partition coefficient (Wildman–Crippen LogP) is 2.07. The molecule has 6 heteroatoms. The summed E-state index contributed by atoms with van der Waals surface area (Å²) in [6.07, 6.45) is 0. The van der Waals surface area contributed by atoms with Gasteiger partial charge in [0.25, 0.3) is 0 Å². The van der Waals surface area contributed by atoms with Crippen molar-refractivity contribution in [2.45, 2.75) is 26.9 Å². The maximum absolute atomic E-state index is 5.54. The van der Waals surface area contributed by atoms with E-state index in [1.165, 1.54) is 0 Å². The molecule has 0 amide bonds. The fourth-order valence-electron chi connectivity index (χ4n) is 2.19. The van der Waals surface area contributed by atoms with Gasteiger partial charge in [-0.1, -0.05) is 0 Å². The van der Waals surface area contributed by atoms with E-state index < -0.39 is 0 Å². The number of aromatic nitrogens is 2. The van der Waals surface area contributed by atoms with Crippen molar-refractivity contribution in [1.82, 2.24) is 15.0 Å². The summed E-state index contributed by atoms with van der Waals surface area (Å²) >= 11 is 0. The third kappa shape index (κ3) is 2.39. The molecule has 2 aromatic heterocycles. The minimum Gasteiger partial charge on any atom is -0.465 e. The molecule has 0 spiro atoms. The second kappa shape index (κ2) is 4.55. The molecule has 0 saturated heterocycles. The molecule has 1 aliphatic rings. The molecule has 19 heavy (non-hydrogen) atoms. The van der Waals surface area contributed by atoms with Crippen molar-refractivity contribution in [3.8, 4) is 0 Å². The summed E-state index contributed by atoms with van der Waals surface area (Å²) in [6.45, 7) is 5.24. The van der Waals surface area contributed by atoms with Crippen LogP contribution in [0.2, 0.25) is 0 Å². The van der Waals surface area contributed by atoms with E-state index in [0.717, 1.165) is 41.1 Å². The Morgan fingerprint density at radius 3 is 2.95 bits per heavy atom. The Balaban J connectivity index is 1.81. The van der Waals surface area contributed by atoms with Crippen LogP contribution < -0.4 is 10.7 Å². The molecule has 0 radical (unpaired) electrons. The molecule has 3 heterocycles. The van der Waals surface area contributed by atoms with E-state index in [9.17, 15) is 0 Å². The molecule has 2 N–H and O–H groups in total. The van der Waals surface area contributed by atoms with Gasteiger partial charge < -0.3 is 15.2 Å². The molecular weight excluding hydrogens is 242 g/mol. The molecule has 3 rings (SSSR count). The number of nitrogens with one attached hydrogen (secondary N) is 2. The highest BCUT2D eigenvalue weighted by Crippen LogP contribution is 2.28. The van der Waals surface area contributed by atoms with Gasteiger partial charge in [-0.05, 0) is 26.0 Å². The Kier molecular flexibility index (Phi) is 2.87. The lowest BCUT2D eigenvalue weighted by Gasteiger charge is -2.08. The van der Waals surface area contributed by atoms with Gasteiger partial charge in [-0.3, -0.25) is 0 Å². The molecule has 0 aliphatic carbocycles. The standard InChI is InChI=1S/C13H17N5O/c1-8-4-5-10(19-8)6-14-12-11-7-18(3)17-13(11)16-9(2)15-12/h4-5H,6-7H2,1-3H3,(H2,14,15,16,17). The van der Waals surface area contributed by atoms with Crippen LogP contribution in [-0.2, 0) is 13.1 Å². The van der Waals surface area contributed by atoms with E-state index in [2.05, 4.69) is 20.7 Å². The van der Waals surface area contributed by atoms with Crippen LogP contribution in [0.15, 0.2) is 16.5 Å². The molecule has 6 nitrogen and oxygen atoms in total. The zero-order chi connectivity index (χ0) is 13.4. The van der Waals surface area contributed by atoms with Crippen LogP contribution in [0.25, 0.3) is 0 Å². The molecule has 2 aromatic rings. The molecule has 100 valence electrons. The second-order valence-corrected chi connectivity index (χ2v) is 4.78. The minimum atomic E-state index is 0.625. The number of furan rings is 1. The van der Waals surface area contributed by atoms with Crippen molar-refractivity contribution in [3.63, 3.8) is 0 Å². The lowest BCUT2D eigenvalue weighted by Crippen LogP contribution is -2.17. The molecule has 0 saturated carbocycles. The second-order valence-electron chi connectivity index (χ2n) is 4.78.